The first-order chi connectivity index (χ1) is 6.74. The van der Waals surface area contributed by atoms with E-state index in [0.717, 1.165) is 17.6 Å². The van der Waals surface area contributed by atoms with Crippen molar-refractivity contribution in [3.8, 4) is 0 Å². The van der Waals surface area contributed by atoms with Crippen LogP contribution >= 0.6 is 15.9 Å². The lowest BCUT2D eigenvalue weighted by molar-refractivity contribution is 0.640. The lowest BCUT2D eigenvalue weighted by Crippen LogP contribution is -2.15. The van der Waals surface area contributed by atoms with Gasteiger partial charge >= 0.3 is 0 Å². The molecule has 0 fully saturated rings. The number of halogens is 1. The number of unbranched alkanes of at least 4 members (excludes halogenated alkanes) is 1. The van der Waals surface area contributed by atoms with E-state index in [0.29, 0.717) is 0 Å². The maximum absolute atomic E-state index is 3.49. The number of nitrogens with one attached hydrogen (secondary N) is 1. The van der Waals surface area contributed by atoms with Gasteiger partial charge in [0.2, 0.25) is 0 Å². The van der Waals surface area contributed by atoms with Crippen LogP contribution < -0.4 is 5.32 Å². The molecule has 0 spiro atoms. The van der Waals surface area contributed by atoms with Crippen molar-refractivity contribution >= 4 is 15.9 Å². The molecule has 0 amide bonds. The Bertz CT molecular complexity index is 284. The first-order valence-electron chi connectivity index (χ1n) is 5.19. The molecule has 0 heterocycles. The van der Waals surface area contributed by atoms with Crippen molar-refractivity contribution in [1.82, 2.24) is 5.32 Å². The minimum Gasteiger partial charge on any atom is -0.313 e. The zero-order chi connectivity index (χ0) is 10.4. The highest BCUT2D eigenvalue weighted by Crippen LogP contribution is 2.15. The zero-order valence-corrected chi connectivity index (χ0v) is 10.5. The molecule has 0 radical (unpaired) electrons. The molecule has 1 aromatic carbocycles. The SMILES string of the molecule is CCCCNCc1cc(Br)ccc1C. The second-order valence-corrected chi connectivity index (χ2v) is 4.52. The van der Waals surface area contributed by atoms with Crippen LogP contribution in [-0.4, -0.2) is 6.54 Å². The molecule has 1 rings (SSSR count). The topological polar surface area (TPSA) is 12.0 Å². The molecule has 1 N–H and O–H groups in total. The predicted octanol–water partition coefficient (Wildman–Crippen LogP) is 3.65. The molecule has 0 bridgehead atoms. The van der Waals surface area contributed by atoms with E-state index in [-0.39, 0.29) is 0 Å². The number of hydrogen-bond donors (Lipinski definition) is 1. The second-order valence-electron chi connectivity index (χ2n) is 3.60. The molecule has 1 aromatic rings. The average Bonchev–Trinajstić information content (AvgIpc) is 2.18. The lowest BCUT2D eigenvalue weighted by atomic mass is 10.1. The van der Waals surface area contributed by atoms with Gasteiger partial charge in [0.1, 0.15) is 0 Å². The fourth-order valence-corrected chi connectivity index (χ4v) is 1.76. The van der Waals surface area contributed by atoms with Gasteiger partial charge in [-0.25, -0.2) is 0 Å². The average molecular weight is 256 g/mol. The third-order valence-corrected chi connectivity index (χ3v) is 2.83. The number of rotatable bonds is 5. The van der Waals surface area contributed by atoms with Crippen molar-refractivity contribution in [1.29, 1.82) is 0 Å². The van der Waals surface area contributed by atoms with E-state index in [1.807, 2.05) is 0 Å². The van der Waals surface area contributed by atoms with Crippen LogP contribution in [0.5, 0.6) is 0 Å². The van der Waals surface area contributed by atoms with Crippen molar-refractivity contribution in [2.75, 3.05) is 6.54 Å². The summed E-state index contributed by atoms with van der Waals surface area (Å²) in [5.41, 5.74) is 2.74. The van der Waals surface area contributed by atoms with Gasteiger partial charge in [0, 0.05) is 11.0 Å². The maximum atomic E-state index is 3.49. The largest absolute Gasteiger partial charge is 0.313 e. The Morgan fingerprint density at radius 3 is 2.86 bits per heavy atom. The molecule has 14 heavy (non-hydrogen) atoms. The highest BCUT2D eigenvalue weighted by Gasteiger charge is 1.98. The first-order valence-corrected chi connectivity index (χ1v) is 5.99. The predicted molar refractivity (Wildman–Crippen MR) is 65.5 cm³/mol. The Balaban J connectivity index is 2.45. The number of benzene rings is 1. The number of aryl methyl sites for hydroxylation is 1. The van der Waals surface area contributed by atoms with Crippen LogP contribution in [0.25, 0.3) is 0 Å². The van der Waals surface area contributed by atoms with Crippen LogP contribution in [-0.2, 0) is 6.54 Å². The summed E-state index contributed by atoms with van der Waals surface area (Å²) in [4.78, 5) is 0. The van der Waals surface area contributed by atoms with E-state index in [4.69, 9.17) is 0 Å². The van der Waals surface area contributed by atoms with Gasteiger partial charge in [-0.3, -0.25) is 0 Å². The summed E-state index contributed by atoms with van der Waals surface area (Å²) in [5.74, 6) is 0. The Morgan fingerprint density at radius 2 is 2.14 bits per heavy atom. The van der Waals surface area contributed by atoms with Crippen LogP contribution in [0.2, 0.25) is 0 Å². The van der Waals surface area contributed by atoms with E-state index < -0.39 is 0 Å². The summed E-state index contributed by atoms with van der Waals surface area (Å²) in [6, 6.07) is 6.43. The molecule has 0 saturated carbocycles. The number of hydrogen-bond acceptors (Lipinski definition) is 1. The summed E-state index contributed by atoms with van der Waals surface area (Å²) in [6.45, 7) is 6.46. The Morgan fingerprint density at radius 1 is 1.36 bits per heavy atom. The molecular weight excluding hydrogens is 238 g/mol. The zero-order valence-electron chi connectivity index (χ0n) is 8.94. The van der Waals surface area contributed by atoms with Gasteiger partial charge in [-0.2, -0.15) is 0 Å². The van der Waals surface area contributed by atoms with E-state index in [2.05, 4.69) is 53.3 Å². The molecule has 0 aromatic heterocycles. The fourth-order valence-electron chi connectivity index (χ4n) is 1.36. The molecule has 0 unspecified atom stereocenters. The third-order valence-electron chi connectivity index (χ3n) is 2.33. The summed E-state index contributed by atoms with van der Waals surface area (Å²) >= 11 is 3.49. The summed E-state index contributed by atoms with van der Waals surface area (Å²) < 4.78 is 1.16. The van der Waals surface area contributed by atoms with E-state index in [9.17, 15) is 0 Å². The maximum Gasteiger partial charge on any atom is 0.0208 e. The van der Waals surface area contributed by atoms with Gasteiger partial charge < -0.3 is 5.32 Å². The van der Waals surface area contributed by atoms with Crippen LogP contribution in [0.3, 0.4) is 0 Å². The van der Waals surface area contributed by atoms with Crippen molar-refractivity contribution in [2.24, 2.45) is 0 Å². The molecule has 0 aliphatic carbocycles. The van der Waals surface area contributed by atoms with Crippen LogP contribution in [0.15, 0.2) is 22.7 Å². The first kappa shape index (κ1) is 11.7. The Kier molecular flexibility index (Phi) is 5.20. The molecule has 0 aliphatic rings. The second kappa shape index (κ2) is 6.20. The molecule has 1 nitrogen and oxygen atoms in total. The highest BCUT2D eigenvalue weighted by molar-refractivity contribution is 9.10. The van der Waals surface area contributed by atoms with E-state index in [1.165, 1.54) is 24.0 Å². The molecular formula is C12H18BrN. The normalized spacial score (nSPS) is 10.5. The minimum atomic E-state index is 0.977. The van der Waals surface area contributed by atoms with E-state index >= 15 is 0 Å². The van der Waals surface area contributed by atoms with Crippen molar-refractivity contribution in [3.05, 3.63) is 33.8 Å². The van der Waals surface area contributed by atoms with Crippen molar-refractivity contribution in [2.45, 2.75) is 33.2 Å². The lowest BCUT2D eigenvalue weighted by Gasteiger charge is -2.07. The Labute approximate surface area is 95.0 Å². The van der Waals surface area contributed by atoms with Crippen molar-refractivity contribution in [3.63, 3.8) is 0 Å². The quantitative estimate of drug-likeness (QED) is 0.793. The van der Waals surface area contributed by atoms with Crippen LogP contribution in [0, 0.1) is 6.92 Å². The third kappa shape index (κ3) is 3.81. The van der Waals surface area contributed by atoms with Crippen LogP contribution in [0.1, 0.15) is 30.9 Å². The molecule has 2 heteroatoms. The van der Waals surface area contributed by atoms with Gasteiger partial charge in [-0.15, -0.1) is 0 Å². The monoisotopic (exact) mass is 255 g/mol. The van der Waals surface area contributed by atoms with Crippen molar-refractivity contribution < 1.29 is 0 Å². The van der Waals surface area contributed by atoms with Gasteiger partial charge in [0.15, 0.2) is 0 Å². The molecule has 0 saturated heterocycles. The van der Waals surface area contributed by atoms with Gasteiger partial charge in [0.05, 0.1) is 0 Å². The summed E-state index contributed by atoms with van der Waals surface area (Å²) in [7, 11) is 0. The molecule has 0 aliphatic heterocycles. The fraction of sp³-hybridized carbons (Fsp3) is 0.500. The van der Waals surface area contributed by atoms with Gasteiger partial charge in [-0.1, -0.05) is 35.3 Å². The summed E-state index contributed by atoms with van der Waals surface area (Å²) in [5, 5.41) is 3.45. The highest BCUT2D eigenvalue weighted by atomic mass is 79.9. The Hall–Kier alpha value is -0.340. The van der Waals surface area contributed by atoms with Gasteiger partial charge in [-0.05, 0) is 43.1 Å². The van der Waals surface area contributed by atoms with Crippen LogP contribution in [0.4, 0.5) is 0 Å². The minimum absolute atomic E-state index is 0.977. The van der Waals surface area contributed by atoms with Gasteiger partial charge in [0.25, 0.3) is 0 Å². The smallest absolute Gasteiger partial charge is 0.0208 e. The molecule has 0 atom stereocenters. The summed E-state index contributed by atoms with van der Waals surface area (Å²) in [6.07, 6.45) is 2.51. The standard InChI is InChI=1S/C12H18BrN/c1-3-4-7-14-9-11-8-12(13)6-5-10(11)2/h5-6,8,14H,3-4,7,9H2,1-2H3. The van der Waals surface area contributed by atoms with E-state index in [1.54, 1.807) is 0 Å². The molecule has 78 valence electrons.